The van der Waals surface area contributed by atoms with Crippen molar-refractivity contribution in [1.82, 2.24) is 9.97 Å². The maximum atomic E-state index is 6.17. The lowest BCUT2D eigenvalue weighted by atomic mass is 10.1. The van der Waals surface area contributed by atoms with Gasteiger partial charge in [-0.3, -0.25) is 0 Å². The van der Waals surface area contributed by atoms with E-state index in [1.165, 1.54) is 6.33 Å². The second-order valence-electron chi connectivity index (χ2n) is 3.97. The topological polar surface area (TPSA) is 56.3 Å². The van der Waals surface area contributed by atoms with Gasteiger partial charge in [-0.15, -0.1) is 0 Å². The van der Waals surface area contributed by atoms with Gasteiger partial charge >= 0.3 is 0 Å². The first-order valence-corrected chi connectivity index (χ1v) is 6.52. The molecule has 0 saturated carbocycles. The molecule has 2 aromatic rings. The standard InChI is InChI=1S/C13H9Cl2N3O2/c14-8-1-2-9(10(15)5-8)11-6-12(17-7-16-11)18-13-3-4-19-20-13/h1-3,5-7H,4H2,(H,16,17,18). The highest BCUT2D eigenvalue weighted by molar-refractivity contribution is 6.36. The SMILES string of the molecule is Clc1ccc(-c2cc(NC3=CCOO3)ncn2)c(Cl)c1. The Balaban J connectivity index is 1.90. The van der Waals surface area contributed by atoms with Crippen molar-refractivity contribution in [2.24, 2.45) is 0 Å². The molecule has 0 aliphatic carbocycles. The van der Waals surface area contributed by atoms with Crippen LogP contribution < -0.4 is 5.32 Å². The number of halogens is 2. The van der Waals surface area contributed by atoms with E-state index in [0.29, 0.717) is 34.0 Å². The van der Waals surface area contributed by atoms with Crippen molar-refractivity contribution >= 4 is 29.0 Å². The van der Waals surface area contributed by atoms with Crippen LogP contribution in [0, 0.1) is 0 Å². The van der Waals surface area contributed by atoms with Crippen LogP contribution in [-0.4, -0.2) is 16.6 Å². The lowest BCUT2D eigenvalue weighted by Gasteiger charge is -2.07. The van der Waals surface area contributed by atoms with Gasteiger partial charge in [-0.1, -0.05) is 23.2 Å². The Bertz CT molecular complexity index is 676. The van der Waals surface area contributed by atoms with Crippen molar-refractivity contribution < 1.29 is 9.78 Å². The summed E-state index contributed by atoms with van der Waals surface area (Å²) in [6.45, 7) is 0.406. The molecule has 1 aliphatic rings. The summed E-state index contributed by atoms with van der Waals surface area (Å²) in [5.41, 5.74) is 1.46. The molecular formula is C13H9Cl2N3O2. The van der Waals surface area contributed by atoms with Gasteiger partial charge in [0.25, 0.3) is 0 Å². The molecule has 0 unspecified atom stereocenters. The van der Waals surface area contributed by atoms with Gasteiger partial charge in [-0.2, -0.15) is 4.89 Å². The molecule has 0 saturated heterocycles. The predicted molar refractivity (Wildman–Crippen MR) is 76.2 cm³/mol. The van der Waals surface area contributed by atoms with Crippen molar-refractivity contribution in [2.75, 3.05) is 11.9 Å². The molecule has 1 aromatic carbocycles. The maximum absolute atomic E-state index is 6.17. The van der Waals surface area contributed by atoms with E-state index in [4.69, 9.17) is 33.0 Å². The Labute approximate surface area is 125 Å². The van der Waals surface area contributed by atoms with E-state index < -0.39 is 0 Å². The molecule has 5 nitrogen and oxygen atoms in total. The van der Waals surface area contributed by atoms with Crippen molar-refractivity contribution in [3.8, 4) is 11.3 Å². The maximum Gasteiger partial charge on any atom is 0.234 e. The zero-order valence-corrected chi connectivity index (χ0v) is 11.6. The largest absolute Gasteiger partial charge is 0.319 e. The van der Waals surface area contributed by atoms with Crippen LogP contribution in [0.5, 0.6) is 0 Å². The molecule has 2 heterocycles. The van der Waals surface area contributed by atoms with E-state index in [-0.39, 0.29) is 0 Å². The van der Waals surface area contributed by atoms with Crippen LogP contribution in [-0.2, 0) is 9.78 Å². The first-order chi connectivity index (χ1) is 9.72. The number of aromatic nitrogens is 2. The Morgan fingerprint density at radius 3 is 2.80 bits per heavy atom. The normalized spacial score (nSPS) is 13.8. The van der Waals surface area contributed by atoms with E-state index >= 15 is 0 Å². The molecule has 1 aliphatic heterocycles. The fourth-order valence-electron chi connectivity index (χ4n) is 1.71. The zero-order valence-electron chi connectivity index (χ0n) is 10.1. The first kappa shape index (κ1) is 13.2. The Morgan fingerprint density at radius 1 is 1.15 bits per heavy atom. The van der Waals surface area contributed by atoms with Gasteiger partial charge in [0.2, 0.25) is 5.88 Å². The lowest BCUT2D eigenvalue weighted by molar-refractivity contribution is -0.232. The summed E-state index contributed by atoms with van der Waals surface area (Å²) >= 11 is 12.0. The minimum Gasteiger partial charge on any atom is -0.319 e. The van der Waals surface area contributed by atoms with Crippen LogP contribution in [0.2, 0.25) is 10.0 Å². The molecule has 0 fully saturated rings. The van der Waals surface area contributed by atoms with E-state index in [0.717, 1.165) is 5.56 Å². The number of anilines is 1. The molecule has 0 amide bonds. The predicted octanol–water partition coefficient (Wildman–Crippen LogP) is 3.67. The van der Waals surface area contributed by atoms with E-state index in [1.54, 1.807) is 24.3 Å². The van der Waals surface area contributed by atoms with Gasteiger partial charge in [-0.25, -0.2) is 9.97 Å². The van der Waals surface area contributed by atoms with Crippen molar-refractivity contribution in [3.05, 3.63) is 52.6 Å². The Hall–Kier alpha value is -1.82. The number of rotatable bonds is 3. The van der Waals surface area contributed by atoms with Gasteiger partial charge in [0.15, 0.2) is 0 Å². The molecule has 3 rings (SSSR count). The van der Waals surface area contributed by atoms with Gasteiger partial charge < -0.3 is 10.2 Å². The number of hydrogen-bond donors (Lipinski definition) is 1. The summed E-state index contributed by atoms with van der Waals surface area (Å²) in [5, 5.41) is 4.08. The lowest BCUT2D eigenvalue weighted by Crippen LogP contribution is -2.02. The first-order valence-electron chi connectivity index (χ1n) is 5.76. The third-order valence-electron chi connectivity index (χ3n) is 2.61. The summed E-state index contributed by atoms with van der Waals surface area (Å²) in [4.78, 5) is 17.9. The Kier molecular flexibility index (Phi) is 3.73. The summed E-state index contributed by atoms with van der Waals surface area (Å²) in [5.74, 6) is 1.08. The van der Waals surface area contributed by atoms with Crippen LogP contribution in [0.15, 0.2) is 42.6 Å². The number of nitrogens with one attached hydrogen (secondary N) is 1. The zero-order chi connectivity index (χ0) is 13.9. The second-order valence-corrected chi connectivity index (χ2v) is 4.82. The summed E-state index contributed by atoms with van der Waals surface area (Å²) < 4.78 is 0. The van der Waals surface area contributed by atoms with Crippen molar-refractivity contribution in [2.45, 2.75) is 0 Å². The highest BCUT2D eigenvalue weighted by Crippen LogP contribution is 2.29. The highest BCUT2D eigenvalue weighted by atomic mass is 35.5. The molecule has 20 heavy (non-hydrogen) atoms. The molecular weight excluding hydrogens is 301 g/mol. The van der Waals surface area contributed by atoms with Crippen LogP contribution >= 0.6 is 23.2 Å². The molecule has 1 aromatic heterocycles. The molecule has 0 atom stereocenters. The van der Waals surface area contributed by atoms with Crippen LogP contribution in [0.4, 0.5) is 5.82 Å². The van der Waals surface area contributed by atoms with Gasteiger partial charge in [-0.05, 0) is 18.2 Å². The molecule has 1 N–H and O–H groups in total. The van der Waals surface area contributed by atoms with E-state index in [1.807, 2.05) is 6.07 Å². The molecule has 102 valence electrons. The van der Waals surface area contributed by atoms with Crippen LogP contribution in [0.25, 0.3) is 11.3 Å². The third kappa shape index (κ3) is 2.85. The quantitative estimate of drug-likeness (QED) is 0.877. The van der Waals surface area contributed by atoms with Crippen molar-refractivity contribution in [1.29, 1.82) is 0 Å². The summed E-state index contributed by atoms with van der Waals surface area (Å²) in [7, 11) is 0. The monoisotopic (exact) mass is 309 g/mol. The second kappa shape index (κ2) is 5.66. The molecule has 0 radical (unpaired) electrons. The summed E-state index contributed by atoms with van der Waals surface area (Å²) in [6, 6.07) is 7.00. The van der Waals surface area contributed by atoms with E-state index in [2.05, 4.69) is 15.3 Å². The van der Waals surface area contributed by atoms with Crippen LogP contribution in [0.1, 0.15) is 0 Å². The van der Waals surface area contributed by atoms with Crippen molar-refractivity contribution in [3.63, 3.8) is 0 Å². The Morgan fingerprint density at radius 2 is 2.05 bits per heavy atom. The summed E-state index contributed by atoms with van der Waals surface area (Å²) in [6.07, 6.45) is 3.20. The van der Waals surface area contributed by atoms with Gasteiger partial charge in [0.1, 0.15) is 18.8 Å². The smallest absolute Gasteiger partial charge is 0.234 e. The molecule has 0 bridgehead atoms. The average molecular weight is 310 g/mol. The number of benzene rings is 1. The molecule has 7 heteroatoms. The highest BCUT2D eigenvalue weighted by Gasteiger charge is 2.10. The minimum absolute atomic E-state index is 0.406. The third-order valence-corrected chi connectivity index (χ3v) is 3.16. The fourth-order valence-corrected chi connectivity index (χ4v) is 2.21. The fraction of sp³-hybridized carbons (Fsp3) is 0.0769. The molecule has 0 spiro atoms. The average Bonchev–Trinajstić information content (AvgIpc) is 2.92. The number of hydrogen-bond acceptors (Lipinski definition) is 5. The van der Waals surface area contributed by atoms with Crippen LogP contribution in [0.3, 0.4) is 0 Å². The number of nitrogens with zero attached hydrogens (tertiary/aromatic N) is 2. The van der Waals surface area contributed by atoms with E-state index in [9.17, 15) is 0 Å². The van der Waals surface area contributed by atoms with Gasteiger partial charge in [0, 0.05) is 22.7 Å². The van der Waals surface area contributed by atoms with Gasteiger partial charge in [0.05, 0.1) is 10.7 Å². The minimum atomic E-state index is 0.406.